The summed E-state index contributed by atoms with van der Waals surface area (Å²) < 4.78 is 5.36. The summed E-state index contributed by atoms with van der Waals surface area (Å²) in [7, 11) is 0. The van der Waals surface area contributed by atoms with Gasteiger partial charge in [0.05, 0.1) is 19.3 Å². The van der Waals surface area contributed by atoms with E-state index in [1.807, 2.05) is 17.0 Å². The van der Waals surface area contributed by atoms with Crippen molar-refractivity contribution in [2.75, 3.05) is 37.7 Å². The van der Waals surface area contributed by atoms with Crippen molar-refractivity contribution >= 4 is 11.6 Å². The lowest BCUT2D eigenvalue weighted by Gasteiger charge is -2.28. The van der Waals surface area contributed by atoms with Crippen molar-refractivity contribution in [2.45, 2.75) is 38.3 Å². The number of carbonyl (C=O) groups is 1. The Hall–Kier alpha value is -1.43. The number of hydrogen-bond acceptors (Lipinski definition) is 4. The number of carbonyl (C=O) groups excluding carboxylic acids is 1. The van der Waals surface area contributed by atoms with Gasteiger partial charge >= 0.3 is 0 Å². The average Bonchev–Trinajstić information content (AvgIpc) is 3.37. The predicted octanol–water partition coefficient (Wildman–Crippen LogP) is 1.74. The molecule has 1 amide bonds. The maximum absolute atomic E-state index is 12.5. The molecule has 2 fully saturated rings. The number of aliphatic hydroxyl groups excluding tert-OH is 1. The van der Waals surface area contributed by atoms with Gasteiger partial charge < -0.3 is 14.7 Å². The SMILES string of the molecule is CC1Cc2cc(C(O)CN3CCOCC3)ccc2N1C(=O)C1CC1. The third kappa shape index (κ3) is 3.08. The van der Waals surface area contributed by atoms with E-state index in [0.717, 1.165) is 56.8 Å². The standard InChI is InChI=1S/C19H26N2O3/c1-13-10-16-11-15(18(22)12-20-6-8-24-9-7-20)4-5-17(16)21(13)19(23)14-2-3-14/h4-5,11,13-14,18,22H,2-3,6-10,12H2,1H3. The van der Waals surface area contributed by atoms with E-state index in [2.05, 4.69) is 17.9 Å². The second-order valence-corrected chi connectivity index (χ2v) is 7.35. The summed E-state index contributed by atoms with van der Waals surface area (Å²) in [6, 6.07) is 6.32. The van der Waals surface area contributed by atoms with Gasteiger partial charge in [-0.1, -0.05) is 12.1 Å². The minimum atomic E-state index is -0.489. The molecule has 2 atom stereocenters. The molecule has 3 aliphatic rings. The van der Waals surface area contributed by atoms with Crippen LogP contribution in [-0.2, 0) is 16.0 Å². The summed E-state index contributed by atoms with van der Waals surface area (Å²) in [6.07, 6.45) is 2.46. The highest BCUT2D eigenvalue weighted by Gasteiger charge is 2.39. The molecule has 24 heavy (non-hydrogen) atoms. The fourth-order valence-corrected chi connectivity index (χ4v) is 3.85. The van der Waals surface area contributed by atoms with Gasteiger partial charge in [-0.15, -0.1) is 0 Å². The largest absolute Gasteiger partial charge is 0.387 e. The van der Waals surface area contributed by atoms with Crippen LogP contribution >= 0.6 is 0 Å². The normalized spacial score (nSPS) is 25.6. The summed E-state index contributed by atoms with van der Waals surface area (Å²) in [5, 5.41) is 10.6. The van der Waals surface area contributed by atoms with E-state index in [1.54, 1.807) is 0 Å². The quantitative estimate of drug-likeness (QED) is 0.914. The number of β-amino-alcohol motifs (C(OH)–C–C–N with tert-alkyl or cyclic N) is 1. The van der Waals surface area contributed by atoms with Crippen LogP contribution in [0.3, 0.4) is 0 Å². The van der Waals surface area contributed by atoms with Gasteiger partial charge in [-0.25, -0.2) is 0 Å². The van der Waals surface area contributed by atoms with Crippen LogP contribution in [0.4, 0.5) is 5.69 Å². The summed E-state index contributed by atoms with van der Waals surface area (Å²) in [6.45, 7) is 6.00. The van der Waals surface area contributed by atoms with Crippen LogP contribution in [0.25, 0.3) is 0 Å². The third-order valence-corrected chi connectivity index (χ3v) is 5.40. The Morgan fingerprint density at radius 1 is 1.33 bits per heavy atom. The molecular formula is C19H26N2O3. The molecule has 4 rings (SSSR count). The van der Waals surface area contributed by atoms with Gasteiger partial charge in [0.1, 0.15) is 0 Å². The van der Waals surface area contributed by atoms with Gasteiger partial charge in [0, 0.05) is 37.3 Å². The Labute approximate surface area is 143 Å². The Kier molecular flexibility index (Phi) is 4.33. The van der Waals surface area contributed by atoms with Crippen molar-refractivity contribution in [3.05, 3.63) is 29.3 Å². The molecule has 0 bridgehead atoms. The Morgan fingerprint density at radius 3 is 2.79 bits per heavy atom. The maximum atomic E-state index is 12.5. The lowest BCUT2D eigenvalue weighted by molar-refractivity contribution is -0.120. The summed E-state index contributed by atoms with van der Waals surface area (Å²) in [5.41, 5.74) is 3.19. The first kappa shape index (κ1) is 16.1. The first-order valence-corrected chi connectivity index (χ1v) is 9.07. The van der Waals surface area contributed by atoms with Crippen molar-refractivity contribution in [1.29, 1.82) is 0 Å². The zero-order chi connectivity index (χ0) is 16.7. The Balaban J connectivity index is 1.49. The molecule has 5 heteroatoms. The number of amides is 1. The number of fused-ring (bicyclic) bond motifs is 1. The third-order valence-electron chi connectivity index (χ3n) is 5.40. The van der Waals surface area contributed by atoms with Gasteiger partial charge in [0.15, 0.2) is 0 Å². The summed E-state index contributed by atoms with van der Waals surface area (Å²) in [5.74, 6) is 0.521. The van der Waals surface area contributed by atoms with Crippen LogP contribution in [0.15, 0.2) is 18.2 Å². The molecule has 0 aromatic heterocycles. The number of benzene rings is 1. The monoisotopic (exact) mass is 330 g/mol. The van der Waals surface area contributed by atoms with Crippen molar-refractivity contribution in [3.63, 3.8) is 0 Å². The van der Waals surface area contributed by atoms with Crippen LogP contribution < -0.4 is 4.90 Å². The second-order valence-electron chi connectivity index (χ2n) is 7.35. The lowest BCUT2D eigenvalue weighted by atomic mass is 10.0. The summed E-state index contributed by atoms with van der Waals surface area (Å²) in [4.78, 5) is 16.7. The second kappa shape index (κ2) is 6.47. The van der Waals surface area contributed by atoms with Gasteiger partial charge in [0.25, 0.3) is 0 Å². The van der Waals surface area contributed by atoms with E-state index in [-0.39, 0.29) is 17.9 Å². The molecule has 1 aromatic rings. The van der Waals surface area contributed by atoms with Gasteiger partial charge in [0.2, 0.25) is 5.91 Å². The highest BCUT2D eigenvalue weighted by Crippen LogP contribution is 2.39. The van der Waals surface area contributed by atoms with Crippen LogP contribution in [0, 0.1) is 5.92 Å². The van der Waals surface area contributed by atoms with Crippen molar-refractivity contribution in [3.8, 4) is 0 Å². The smallest absolute Gasteiger partial charge is 0.230 e. The van der Waals surface area contributed by atoms with E-state index < -0.39 is 6.10 Å². The highest BCUT2D eigenvalue weighted by atomic mass is 16.5. The molecule has 1 saturated carbocycles. The number of ether oxygens (including phenoxy) is 1. The minimum Gasteiger partial charge on any atom is -0.387 e. The molecule has 0 spiro atoms. The van der Waals surface area contributed by atoms with Gasteiger partial charge in [-0.05, 0) is 43.4 Å². The zero-order valence-corrected chi connectivity index (χ0v) is 14.3. The van der Waals surface area contributed by atoms with Crippen molar-refractivity contribution in [2.24, 2.45) is 5.92 Å². The number of rotatable bonds is 4. The van der Waals surface area contributed by atoms with E-state index in [9.17, 15) is 9.90 Å². The lowest BCUT2D eigenvalue weighted by Crippen LogP contribution is -2.38. The molecule has 130 valence electrons. The van der Waals surface area contributed by atoms with Gasteiger partial charge in [-0.2, -0.15) is 0 Å². The number of nitrogens with zero attached hydrogens (tertiary/aromatic N) is 2. The molecule has 0 radical (unpaired) electrons. The number of anilines is 1. The zero-order valence-electron chi connectivity index (χ0n) is 14.3. The fraction of sp³-hybridized carbons (Fsp3) is 0.632. The van der Waals surface area contributed by atoms with Crippen LogP contribution in [0.2, 0.25) is 0 Å². The Morgan fingerprint density at radius 2 is 2.08 bits per heavy atom. The first-order chi connectivity index (χ1) is 11.6. The maximum Gasteiger partial charge on any atom is 0.230 e. The van der Waals surface area contributed by atoms with Crippen molar-refractivity contribution in [1.82, 2.24) is 4.90 Å². The average molecular weight is 330 g/mol. The van der Waals surface area contributed by atoms with E-state index in [4.69, 9.17) is 4.74 Å². The van der Waals surface area contributed by atoms with E-state index in [0.29, 0.717) is 6.54 Å². The van der Waals surface area contributed by atoms with E-state index in [1.165, 1.54) is 5.56 Å². The van der Waals surface area contributed by atoms with Gasteiger partial charge in [-0.3, -0.25) is 9.69 Å². The molecular weight excluding hydrogens is 304 g/mol. The molecule has 1 N–H and O–H groups in total. The number of morpholine rings is 1. The molecule has 1 saturated heterocycles. The molecule has 5 nitrogen and oxygen atoms in total. The topological polar surface area (TPSA) is 53.0 Å². The van der Waals surface area contributed by atoms with Crippen molar-refractivity contribution < 1.29 is 14.6 Å². The predicted molar refractivity (Wildman–Crippen MR) is 92.0 cm³/mol. The number of hydrogen-bond donors (Lipinski definition) is 1. The molecule has 1 aliphatic carbocycles. The molecule has 1 aromatic carbocycles. The number of aliphatic hydroxyl groups is 1. The minimum absolute atomic E-state index is 0.222. The van der Waals surface area contributed by atoms with Crippen LogP contribution in [0.5, 0.6) is 0 Å². The molecule has 2 aliphatic heterocycles. The highest BCUT2D eigenvalue weighted by molar-refractivity contribution is 5.98. The van der Waals surface area contributed by atoms with Crippen LogP contribution in [0.1, 0.15) is 37.0 Å². The van der Waals surface area contributed by atoms with Crippen LogP contribution in [-0.4, -0.2) is 54.8 Å². The molecule has 2 unspecified atom stereocenters. The fourth-order valence-electron chi connectivity index (χ4n) is 3.85. The molecule has 2 heterocycles. The Bertz CT molecular complexity index is 623. The van der Waals surface area contributed by atoms with E-state index >= 15 is 0 Å². The first-order valence-electron chi connectivity index (χ1n) is 9.07. The summed E-state index contributed by atoms with van der Waals surface area (Å²) >= 11 is 0.